The lowest BCUT2D eigenvalue weighted by atomic mass is 9.92. The average molecular weight is 446 g/mol. The number of anilines is 3. The molecule has 166 valence electrons. The lowest BCUT2D eigenvalue weighted by Crippen LogP contribution is -2.43. The predicted molar refractivity (Wildman–Crippen MR) is 124 cm³/mol. The maximum atomic E-state index is 13.1. The Morgan fingerprint density at radius 1 is 1.23 bits per heavy atom. The molecule has 2 N–H and O–H groups in total. The number of urea groups is 1. The van der Waals surface area contributed by atoms with Crippen molar-refractivity contribution in [1.29, 1.82) is 0 Å². The number of hydrogen-bond acceptors (Lipinski definition) is 4. The monoisotopic (exact) mass is 445 g/mol. The molecule has 0 aromatic heterocycles. The van der Waals surface area contributed by atoms with Gasteiger partial charge in [0, 0.05) is 23.3 Å². The summed E-state index contributed by atoms with van der Waals surface area (Å²) in [5.41, 5.74) is 1.04. The molecule has 3 rings (SSSR count). The van der Waals surface area contributed by atoms with Crippen LogP contribution in [0.25, 0.3) is 0 Å². The van der Waals surface area contributed by atoms with Gasteiger partial charge in [-0.25, -0.2) is 4.79 Å². The molecule has 2 aromatic rings. The van der Waals surface area contributed by atoms with Gasteiger partial charge in [-0.15, -0.1) is 0 Å². The SMILES string of the molecule is COc1ccc(Cl)cc1NC(=O)Nc1ccc2c(c1)OCC(C)(C)C(=O)N2CC(C)C. The largest absolute Gasteiger partial charge is 0.495 e. The van der Waals surface area contributed by atoms with Crippen LogP contribution in [0.2, 0.25) is 5.02 Å². The highest BCUT2D eigenvalue weighted by Crippen LogP contribution is 2.38. The van der Waals surface area contributed by atoms with E-state index in [1.807, 2.05) is 13.8 Å². The standard InChI is InChI=1S/C23H28ClN3O4/c1-14(2)12-27-18-8-7-16(11-20(18)31-13-23(3,4)21(27)28)25-22(29)26-17-10-15(24)6-9-19(17)30-5/h6-11,14H,12-13H2,1-5H3,(H2,25,26,29). The number of benzene rings is 2. The van der Waals surface area contributed by atoms with Gasteiger partial charge in [0.05, 0.1) is 23.9 Å². The zero-order chi connectivity index (χ0) is 22.8. The lowest BCUT2D eigenvalue weighted by molar-refractivity contribution is -0.127. The van der Waals surface area contributed by atoms with E-state index in [1.54, 1.807) is 41.3 Å². The third kappa shape index (κ3) is 5.22. The number of nitrogens with one attached hydrogen (secondary N) is 2. The van der Waals surface area contributed by atoms with E-state index >= 15 is 0 Å². The first kappa shape index (κ1) is 22.7. The third-order valence-electron chi connectivity index (χ3n) is 4.88. The average Bonchev–Trinajstić information content (AvgIpc) is 2.78. The van der Waals surface area contributed by atoms with Crippen LogP contribution in [0.4, 0.5) is 21.9 Å². The smallest absolute Gasteiger partial charge is 0.323 e. The van der Waals surface area contributed by atoms with Crippen LogP contribution in [-0.4, -0.2) is 32.2 Å². The first-order valence-electron chi connectivity index (χ1n) is 10.1. The van der Waals surface area contributed by atoms with Crippen molar-refractivity contribution < 1.29 is 19.1 Å². The molecular formula is C23H28ClN3O4. The second-order valence-electron chi connectivity index (χ2n) is 8.59. The molecule has 31 heavy (non-hydrogen) atoms. The highest BCUT2D eigenvalue weighted by Gasteiger charge is 2.38. The molecular weight excluding hydrogens is 418 g/mol. The van der Waals surface area contributed by atoms with Crippen LogP contribution >= 0.6 is 11.6 Å². The number of carbonyl (C=O) groups is 2. The Morgan fingerprint density at radius 3 is 2.65 bits per heavy atom. The van der Waals surface area contributed by atoms with E-state index < -0.39 is 11.4 Å². The minimum absolute atomic E-state index is 0.0199. The van der Waals surface area contributed by atoms with Crippen LogP contribution in [0.1, 0.15) is 27.7 Å². The number of rotatable bonds is 5. The predicted octanol–water partition coefficient (Wildman–Crippen LogP) is 5.40. The fourth-order valence-corrected chi connectivity index (χ4v) is 3.51. The molecule has 0 radical (unpaired) electrons. The van der Waals surface area contributed by atoms with E-state index in [9.17, 15) is 9.59 Å². The van der Waals surface area contributed by atoms with Crippen molar-refractivity contribution in [3.63, 3.8) is 0 Å². The Morgan fingerprint density at radius 2 is 1.97 bits per heavy atom. The molecule has 0 saturated heterocycles. The summed E-state index contributed by atoms with van der Waals surface area (Å²) >= 11 is 6.02. The van der Waals surface area contributed by atoms with E-state index in [4.69, 9.17) is 21.1 Å². The van der Waals surface area contributed by atoms with Crippen molar-refractivity contribution in [2.75, 3.05) is 35.8 Å². The number of carbonyl (C=O) groups excluding carboxylic acids is 2. The summed E-state index contributed by atoms with van der Waals surface area (Å²) in [5.74, 6) is 1.36. The van der Waals surface area contributed by atoms with E-state index in [-0.39, 0.29) is 12.5 Å². The van der Waals surface area contributed by atoms with Crippen molar-refractivity contribution in [1.82, 2.24) is 0 Å². The summed E-state index contributed by atoms with van der Waals surface area (Å²) in [6.45, 7) is 8.72. The van der Waals surface area contributed by atoms with E-state index in [2.05, 4.69) is 24.5 Å². The highest BCUT2D eigenvalue weighted by molar-refractivity contribution is 6.31. The molecule has 0 saturated carbocycles. The fourth-order valence-electron chi connectivity index (χ4n) is 3.33. The Hall–Kier alpha value is -2.93. The van der Waals surface area contributed by atoms with E-state index in [1.165, 1.54) is 7.11 Å². The molecule has 8 heteroatoms. The van der Waals surface area contributed by atoms with Crippen LogP contribution in [0.3, 0.4) is 0 Å². The fraction of sp³-hybridized carbons (Fsp3) is 0.391. The van der Waals surface area contributed by atoms with Crippen LogP contribution in [0, 0.1) is 11.3 Å². The first-order chi connectivity index (χ1) is 14.6. The van der Waals surface area contributed by atoms with Gasteiger partial charge < -0.3 is 25.0 Å². The van der Waals surface area contributed by atoms with Crippen LogP contribution < -0.4 is 25.0 Å². The Bertz CT molecular complexity index is 991. The van der Waals surface area contributed by atoms with Crippen molar-refractivity contribution in [3.05, 3.63) is 41.4 Å². The van der Waals surface area contributed by atoms with E-state index in [0.717, 1.165) is 0 Å². The summed E-state index contributed by atoms with van der Waals surface area (Å²) in [5, 5.41) is 6.00. The zero-order valence-corrected chi connectivity index (χ0v) is 19.2. The van der Waals surface area contributed by atoms with Crippen LogP contribution in [0.15, 0.2) is 36.4 Å². The maximum Gasteiger partial charge on any atom is 0.323 e. The minimum atomic E-state index is -0.651. The van der Waals surface area contributed by atoms with Gasteiger partial charge in [-0.2, -0.15) is 0 Å². The second-order valence-corrected chi connectivity index (χ2v) is 9.02. The number of nitrogens with zero attached hydrogens (tertiary/aromatic N) is 1. The second kappa shape index (κ2) is 9.06. The van der Waals surface area contributed by atoms with Crippen molar-refractivity contribution >= 4 is 40.6 Å². The summed E-state index contributed by atoms with van der Waals surface area (Å²) in [4.78, 5) is 27.4. The molecule has 1 aliphatic heterocycles. The maximum absolute atomic E-state index is 13.1. The molecule has 0 aliphatic carbocycles. The Balaban J connectivity index is 1.83. The van der Waals surface area contributed by atoms with Gasteiger partial charge in [0.2, 0.25) is 5.91 Å². The van der Waals surface area contributed by atoms with Gasteiger partial charge in [0.1, 0.15) is 18.1 Å². The van der Waals surface area contributed by atoms with Gasteiger partial charge in [-0.3, -0.25) is 4.79 Å². The van der Waals surface area contributed by atoms with Crippen LogP contribution in [0.5, 0.6) is 11.5 Å². The van der Waals surface area contributed by atoms with Gasteiger partial charge >= 0.3 is 6.03 Å². The highest BCUT2D eigenvalue weighted by atomic mass is 35.5. The van der Waals surface area contributed by atoms with Gasteiger partial charge in [0.25, 0.3) is 0 Å². The Labute approximate surface area is 187 Å². The van der Waals surface area contributed by atoms with Gasteiger partial charge in [-0.1, -0.05) is 25.4 Å². The number of amides is 3. The zero-order valence-electron chi connectivity index (χ0n) is 18.4. The van der Waals surface area contributed by atoms with Crippen molar-refractivity contribution in [3.8, 4) is 11.5 Å². The summed E-state index contributed by atoms with van der Waals surface area (Å²) in [6, 6.07) is 9.78. The number of methoxy groups -OCH3 is 1. The molecule has 2 aromatic carbocycles. The number of hydrogen-bond donors (Lipinski definition) is 2. The lowest BCUT2D eigenvalue weighted by Gasteiger charge is -2.29. The molecule has 0 unspecified atom stereocenters. The molecule has 0 spiro atoms. The molecule has 1 aliphatic rings. The topological polar surface area (TPSA) is 79.9 Å². The Kier molecular flexibility index (Phi) is 6.65. The molecule has 0 atom stereocenters. The normalized spacial score (nSPS) is 15.1. The molecule has 1 heterocycles. The first-order valence-corrected chi connectivity index (χ1v) is 10.5. The summed E-state index contributed by atoms with van der Waals surface area (Å²) in [6.07, 6.45) is 0. The van der Waals surface area contributed by atoms with E-state index in [0.29, 0.717) is 46.0 Å². The van der Waals surface area contributed by atoms with Crippen molar-refractivity contribution in [2.24, 2.45) is 11.3 Å². The third-order valence-corrected chi connectivity index (χ3v) is 5.11. The molecule has 7 nitrogen and oxygen atoms in total. The molecule has 3 amide bonds. The summed E-state index contributed by atoms with van der Waals surface area (Å²) < 4.78 is 11.2. The quantitative estimate of drug-likeness (QED) is 0.645. The number of ether oxygens (including phenoxy) is 2. The van der Waals surface area contributed by atoms with Gasteiger partial charge in [0.15, 0.2) is 0 Å². The number of fused-ring (bicyclic) bond motifs is 1. The molecule has 0 bridgehead atoms. The van der Waals surface area contributed by atoms with Crippen LogP contribution in [-0.2, 0) is 4.79 Å². The van der Waals surface area contributed by atoms with Crippen molar-refractivity contribution in [2.45, 2.75) is 27.7 Å². The minimum Gasteiger partial charge on any atom is -0.495 e. The number of halogens is 1. The summed E-state index contributed by atoms with van der Waals surface area (Å²) in [7, 11) is 1.52. The molecule has 0 fully saturated rings. The van der Waals surface area contributed by atoms with Gasteiger partial charge in [-0.05, 0) is 50.1 Å².